The predicted molar refractivity (Wildman–Crippen MR) is 116 cm³/mol. The molecule has 172 valence electrons. The van der Waals surface area contributed by atoms with Gasteiger partial charge in [-0.1, -0.05) is 12.1 Å². The minimum Gasteiger partial charge on any atom is -0.454 e. The second-order valence-electron chi connectivity index (χ2n) is 6.55. The van der Waals surface area contributed by atoms with E-state index in [0.717, 1.165) is 10.9 Å². The molecule has 7 nitrogen and oxygen atoms in total. The van der Waals surface area contributed by atoms with Crippen molar-refractivity contribution >= 4 is 43.5 Å². The molecule has 0 fully saturated rings. The lowest BCUT2D eigenvalue weighted by Crippen LogP contribution is -2.16. The first-order valence-corrected chi connectivity index (χ1v) is 12.9. The fraction of sp³-hybridized carbons (Fsp3) is 0.263. The summed E-state index contributed by atoms with van der Waals surface area (Å²) in [5.74, 6) is -0.498. The van der Waals surface area contributed by atoms with Gasteiger partial charge in [-0.15, -0.1) is 11.8 Å². The number of thioether (sulfide) groups is 1. The number of hydrogen-bond donors (Lipinski definition) is 0. The zero-order valence-electron chi connectivity index (χ0n) is 16.6. The van der Waals surface area contributed by atoms with Gasteiger partial charge < -0.3 is 9.15 Å². The molecule has 0 N–H and O–H groups in total. The van der Waals surface area contributed by atoms with Crippen LogP contribution >= 0.6 is 27.7 Å². The number of aromatic nitrogens is 2. The van der Waals surface area contributed by atoms with Crippen LogP contribution in [0.1, 0.15) is 5.69 Å². The molecule has 0 unspecified atom stereocenters. The summed E-state index contributed by atoms with van der Waals surface area (Å²) in [5.41, 5.74) is -0.914. The van der Waals surface area contributed by atoms with Crippen molar-refractivity contribution in [2.45, 2.75) is 17.6 Å². The summed E-state index contributed by atoms with van der Waals surface area (Å²) >= 11 is 4.16. The van der Waals surface area contributed by atoms with E-state index in [1.54, 1.807) is 12.3 Å². The van der Waals surface area contributed by atoms with Crippen LogP contribution in [0.3, 0.4) is 0 Å². The van der Waals surface area contributed by atoms with Crippen LogP contribution in [-0.2, 0) is 32.1 Å². The highest BCUT2D eigenvalue weighted by Gasteiger charge is 2.39. The molecule has 0 amide bonds. The van der Waals surface area contributed by atoms with Crippen LogP contribution in [-0.4, -0.2) is 42.6 Å². The van der Waals surface area contributed by atoms with Crippen LogP contribution in [0.15, 0.2) is 50.2 Å². The molecule has 2 aromatic heterocycles. The van der Waals surface area contributed by atoms with Crippen LogP contribution in [0.2, 0.25) is 0 Å². The van der Waals surface area contributed by atoms with E-state index in [1.807, 2.05) is 0 Å². The number of alkyl halides is 3. The summed E-state index contributed by atoms with van der Waals surface area (Å²) in [6, 6.07) is 8.84. The molecule has 13 heteroatoms. The van der Waals surface area contributed by atoms with Crippen molar-refractivity contribution in [2.24, 2.45) is 0 Å². The molecule has 2 heterocycles. The van der Waals surface area contributed by atoms with Gasteiger partial charge >= 0.3 is 12.1 Å². The monoisotopic (exact) mass is 552 g/mol. The van der Waals surface area contributed by atoms with E-state index in [-0.39, 0.29) is 28.0 Å². The highest BCUT2D eigenvalue weighted by Crippen LogP contribution is 2.41. The van der Waals surface area contributed by atoms with Crippen LogP contribution in [0.4, 0.5) is 13.2 Å². The molecule has 3 rings (SSSR count). The fourth-order valence-electron chi connectivity index (χ4n) is 2.76. The molecule has 0 aliphatic carbocycles. The van der Waals surface area contributed by atoms with Gasteiger partial charge in [0, 0.05) is 11.8 Å². The Labute approximate surface area is 194 Å². The molecule has 0 saturated heterocycles. The van der Waals surface area contributed by atoms with Crippen molar-refractivity contribution in [1.29, 1.82) is 0 Å². The number of benzene rings is 1. The summed E-state index contributed by atoms with van der Waals surface area (Å²) in [7, 11) is -3.47. The Kier molecular flexibility index (Phi) is 7.10. The molecule has 0 atom stereocenters. The molecule has 0 aliphatic rings. The van der Waals surface area contributed by atoms with E-state index in [4.69, 9.17) is 9.15 Å². The summed E-state index contributed by atoms with van der Waals surface area (Å²) in [5, 5.41) is 3.53. The number of furan rings is 1. The predicted octanol–water partition coefficient (Wildman–Crippen LogP) is 4.86. The number of halogens is 4. The average molecular weight is 553 g/mol. The zero-order chi connectivity index (χ0) is 23.7. The Bertz CT molecular complexity index is 1250. The SMILES string of the molecule is CSCOC(=O)Cn1nc(C(F)(F)F)c(Br)c1-c1ccc(-c2cccc(S(C)(=O)=O)c2)o1. The summed E-state index contributed by atoms with van der Waals surface area (Å²) in [4.78, 5) is 12.1. The topological polar surface area (TPSA) is 91.4 Å². The average Bonchev–Trinajstić information content (AvgIpc) is 3.30. The Balaban J connectivity index is 2.05. The largest absolute Gasteiger partial charge is 0.454 e. The van der Waals surface area contributed by atoms with Gasteiger partial charge in [0.05, 0.1) is 9.37 Å². The molecule has 0 aliphatic heterocycles. The Morgan fingerprint density at radius 2 is 1.94 bits per heavy atom. The van der Waals surface area contributed by atoms with Crippen molar-refractivity contribution in [3.63, 3.8) is 0 Å². The highest BCUT2D eigenvalue weighted by atomic mass is 79.9. The molecule has 0 spiro atoms. The van der Waals surface area contributed by atoms with E-state index in [9.17, 15) is 26.4 Å². The lowest BCUT2D eigenvalue weighted by molar-refractivity contribution is -0.145. The van der Waals surface area contributed by atoms with E-state index in [0.29, 0.717) is 5.56 Å². The number of sulfone groups is 1. The Morgan fingerprint density at radius 1 is 1.25 bits per heavy atom. The van der Waals surface area contributed by atoms with Crippen molar-refractivity contribution in [3.05, 3.63) is 46.6 Å². The third-order valence-electron chi connectivity index (χ3n) is 4.17. The number of esters is 1. The quantitative estimate of drug-likeness (QED) is 0.305. The molecule has 0 saturated carbocycles. The van der Waals surface area contributed by atoms with E-state index in [1.165, 1.54) is 42.1 Å². The van der Waals surface area contributed by atoms with Gasteiger partial charge in [-0.3, -0.25) is 4.79 Å². The van der Waals surface area contributed by atoms with Gasteiger partial charge in [0.2, 0.25) is 0 Å². The van der Waals surface area contributed by atoms with Crippen molar-refractivity contribution in [2.75, 3.05) is 18.5 Å². The third-order valence-corrected chi connectivity index (χ3v) is 6.38. The lowest BCUT2D eigenvalue weighted by atomic mass is 10.2. The first-order chi connectivity index (χ1) is 14.9. The van der Waals surface area contributed by atoms with E-state index < -0.39 is 38.7 Å². The summed E-state index contributed by atoms with van der Waals surface area (Å²) in [6.07, 6.45) is -2.01. The number of carbonyl (C=O) groups is 1. The van der Waals surface area contributed by atoms with Gasteiger partial charge in [0.25, 0.3) is 0 Å². The zero-order valence-corrected chi connectivity index (χ0v) is 19.9. The van der Waals surface area contributed by atoms with Crippen LogP contribution in [0, 0.1) is 0 Å². The molecule has 0 radical (unpaired) electrons. The number of nitrogens with zero attached hydrogens (tertiary/aromatic N) is 2. The first-order valence-electron chi connectivity index (χ1n) is 8.80. The van der Waals surface area contributed by atoms with E-state index >= 15 is 0 Å². The van der Waals surface area contributed by atoms with Gasteiger partial charge in [0.1, 0.15) is 23.9 Å². The minimum atomic E-state index is -4.78. The Hall–Kier alpha value is -2.25. The fourth-order valence-corrected chi connectivity index (χ4v) is 4.38. The standard InChI is InChI=1S/C19H16BrF3N2O5S2/c1-31-10-29-15(26)9-25-17(16(20)18(24-25)19(21,22)23)14-7-6-13(30-14)11-4-3-5-12(8-11)32(2,27)28/h3-8H,9-10H2,1-2H3. The van der Waals surface area contributed by atoms with Crippen molar-refractivity contribution in [1.82, 2.24) is 9.78 Å². The molecular weight excluding hydrogens is 537 g/mol. The second-order valence-corrected chi connectivity index (χ2v) is 10.2. The molecule has 32 heavy (non-hydrogen) atoms. The van der Waals surface area contributed by atoms with Gasteiger partial charge in [-0.05, 0) is 46.5 Å². The summed E-state index contributed by atoms with van der Waals surface area (Å²) < 4.78 is 74.9. The van der Waals surface area contributed by atoms with Gasteiger partial charge in [-0.2, -0.15) is 18.3 Å². The molecular formula is C19H16BrF3N2O5S2. The van der Waals surface area contributed by atoms with Crippen LogP contribution < -0.4 is 0 Å². The first kappa shape index (κ1) is 24.4. The van der Waals surface area contributed by atoms with Gasteiger partial charge in [0.15, 0.2) is 21.3 Å². The maximum atomic E-state index is 13.4. The maximum Gasteiger partial charge on any atom is 0.436 e. The van der Waals surface area contributed by atoms with Gasteiger partial charge in [-0.25, -0.2) is 13.1 Å². The number of carbonyl (C=O) groups excluding carboxylic acids is 1. The normalized spacial score (nSPS) is 12.2. The van der Waals surface area contributed by atoms with Crippen molar-refractivity contribution in [3.8, 4) is 22.8 Å². The Morgan fingerprint density at radius 3 is 2.56 bits per heavy atom. The third kappa shape index (κ3) is 5.38. The highest BCUT2D eigenvalue weighted by molar-refractivity contribution is 9.10. The van der Waals surface area contributed by atoms with Crippen LogP contribution in [0.25, 0.3) is 22.8 Å². The number of rotatable bonds is 7. The maximum absolute atomic E-state index is 13.4. The smallest absolute Gasteiger partial charge is 0.436 e. The summed E-state index contributed by atoms with van der Waals surface area (Å²) in [6.45, 7) is -0.565. The minimum absolute atomic E-state index is 0.00250. The molecule has 0 bridgehead atoms. The van der Waals surface area contributed by atoms with Crippen molar-refractivity contribution < 1.29 is 35.5 Å². The van der Waals surface area contributed by atoms with Crippen LogP contribution in [0.5, 0.6) is 0 Å². The molecule has 1 aromatic carbocycles. The molecule has 3 aromatic rings. The number of ether oxygens (including phenoxy) is 1. The van der Waals surface area contributed by atoms with E-state index in [2.05, 4.69) is 21.0 Å². The lowest BCUT2D eigenvalue weighted by Gasteiger charge is -2.06. The number of hydrogen-bond acceptors (Lipinski definition) is 7. The second kappa shape index (κ2) is 9.32.